The number of hydrogen-bond donors (Lipinski definition) is 1. The van der Waals surface area contributed by atoms with E-state index in [2.05, 4.69) is 13.8 Å². The van der Waals surface area contributed by atoms with Crippen LogP contribution in [0.25, 0.3) is 0 Å². The van der Waals surface area contributed by atoms with Crippen LogP contribution >= 0.6 is 0 Å². The Bertz CT molecular complexity index is 523. The van der Waals surface area contributed by atoms with Gasteiger partial charge in [-0.25, -0.2) is 0 Å². The molecule has 0 bridgehead atoms. The Morgan fingerprint density at radius 2 is 1.71 bits per heavy atom. The summed E-state index contributed by atoms with van der Waals surface area (Å²) in [4.78, 5) is 0. The molecule has 4 nitrogen and oxygen atoms in total. The van der Waals surface area contributed by atoms with E-state index < -0.39 is 10.4 Å². The minimum Gasteiger partial charge on any atom is -0.362 e. The molecule has 0 radical (unpaired) electrons. The third-order valence-electron chi connectivity index (χ3n) is 3.47. The fraction of sp³-hybridized carbons (Fsp3) is 0.625. The molecule has 0 aliphatic heterocycles. The second kappa shape index (κ2) is 9.05. The summed E-state index contributed by atoms with van der Waals surface area (Å²) < 4.78 is 35.6. The van der Waals surface area contributed by atoms with Crippen molar-refractivity contribution in [1.29, 1.82) is 0 Å². The average Bonchev–Trinajstić information content (AvgIpc) is 2.39. The Balaban J connectivity index is 2.84. The molecule has 0 aliphatic rings. The van der Waals surface area contributed by atoms with Crippen molar-refractivity contribution < 1.29 is 17.2 Å². The zero-order chi connectivity index (χ0) is 15.7. The molecule has 0 fully saturated rings. The van der Waals surface area contributed by atoms with Crippen LogP contribution in [0.2, 0.25) is 0 Å². The van der Waals surface area contributed by atoms with E-state index in [0.717, 1.165) is 43.2 Å². The van der Waals surface area contributed by atoms with Gasteiger partial charge in [-0.05, 0) is 36.5 Å². The van der Waals surface area contributed by atoms with Gasteiger partial charge in [0.25, 0.3) is 0 Å². The Labute approximate surface area is 128 Å². The fourth-order valence-electron chi connectivity index (χ4n) is 2.50. The second-order valence-corrected chi connectivity index (χ2v) is 6.34. The molecule has 0 heterocycles. The molecule has 21 heavy (non-hydrogen) atoms. The summed E-state index contributed by atoms with van der Waals surface area (Å²) in [6.07, 6.45) is 8.40. The number of hydrogen-bond acceptors (Lipinski definition) is 3. The number of unbranched alkanes of at least 4 members (excludes halogenated alkanes) is 4. The summed E-state index contributed by atoms with van der Waals surface area (Å²) in [5.74, 6) is 0.263. The van der Waals surface area contributed by atoms with E-state index in [4.69, 9.17) is 8.74 Å². The minimum absolute atomic E-state index is 0.263. The molecule has 0 amide bonds. The smallest absolute Gasteiger partial charge is 0.362 e. The van der Waals surface area contributed by atoms with Gasteiger partial charge < -0.3 is 4.18 Å². The molecule has 0 saturated heterocycles. The van der Waals surface area contributed by atoms with Gasteiger partial charge in [-0.1, -0.05) is 58.1 Å². The van der Waals surface area contributed by atoms with Crippen molar-refractivity contribution >= 4 is 10.4 Å². The molecular formula is C16H26O4S. The number of rotatable bonds is 10. The lowest BCUT2D eigenvalue weighted by molar-refractivity contribution is 0.384. The minimum atomic E-state index is -4.47. The largest absolute Gasteiger partial charge is 0.446 e. The topological polar surface area (TPSA) is 63.6 Å². The van der Waals surface area contributed by atoms with Gasteiger partial charge in [0.15, 0.2) is 0 Å². The van der Waals surface area contributed by atoms with Crippen LogP contribution in [-0.2, 0) is 23.2 Å². The van der Waals surface area contributed by atoms with Crippen molar-refractivity contribution in [1.82, 2.24) is 0 Å². The van der Waals surface area contributed by atoms with E-state index in [9.17, 15) is 8.42 Å². The molecule has 1 rings (SSSR count). The predicted molar refractivity (Wildman–Crippen MR) is 85.1 cm³/mol. The maximum Gasteiger partial charge on any atom is 0.446 e. The Morgan fingerprint density at radius 1 is 1.00 bits per heavy atom. The van der Waals surface area contributed by atoms with E-state index in [-0.39, 0.29) is 5.75 Å². The SMILES string of the molecule is CCCCCCCc1c(CCC)cccc1OS(=O)(=O)O. The van der Waals surface area contributed by atoms with Crippen LogP contribution in [0.4, 0.5) is 0 Å². The Kier molecular flexibility index (Phi) is 7.75. The van der Waals surface area contributed by atoms with Crippen molar-refractivity contribution in [2.75, 3.05) is 0 Å². The molecule has 5 heteroatoms. The zero-order valence-corrected chi connectivity index (χ0v) is 13.8. The van der Waals surface area contributed by atoms with E-state index >= 15 is 0 Å². The highest BCUT2D eigenvalue weighted by Gasteiger charge is 2.14. The van der Waals surface area contributed by atoms with Gasteiger partial charge >= 0.3 is 10.4 Å². The maximum absolute atomic E-state index is 11.0. The molecule has 120 valence electrons. The van der Waals surface area contributed by atoms with E-state index in [1.807, 2.05) is 6.07 Å². The summed E-state index contributed by atoms with van der Waals surface area (Å²) >= 11 is 0. The molecule has 0 aromatic heterocycles. The van der Waals surface area contributed by atoms with Crippen LogP contribution in [0, 0.1) is 0 Å². The Morgan fingerprint density at radius 3 is 2.33 bits per heavy atom. The summed E-state index contributed by atoms with van der Waals surface area (Å²) in [7, 11) is -4.47. The highest BCUT2D eigenvalue weighted by molar-refractivity contribution is 7.81. The van der Waals surface area contributed by atoms with Gasteiger partial charge in [0, 0.05) is 0 Å². The van der Waals surface area contributed by atoms with Gasteiger partial charge in [-0.3, -0.25) is 4.55 Å². The standard InChI is InChI=1S/C16H26O4S/c1-3-5-6-7-8-12-15-14(10-4-2)11-9-13-16(15)20-21(17,18)19/h9,11,13H,3-8,10,12H2,1-2H3,(H,17,18,19). The normalized spacial score (nSPS) is 11.6. The summed E-state index contributed by atoms with van der Waals surface area (Å²) in [6, 6.07) is 5.38. The van der Waals surface area contributed by atoms with Crippen molar-refractivity contribution in [3.05, 3.63) is 29.3 Å². The lowest BCUT2D eigenvalue weighted by Gasteiger charge is -2.13. The quantitative estimate of drug-likeness (QED) is 0.515. The molecule has 0 saturated carbocycles. The molecule has 1 aromatic rings. The highest BCUT2D eigenvalue weighted by Crippen LogP contribution is 2.27. The Hall–Kier alpha value is -1.07. The summed E-state index contributed by atoms with van der Waals surface area (Å²) in [5, 5.41) is 0. The molecule has 0 spiro atoms. The lowest BCUT2D eigenvalue weighted by atomic mass is 9.97. The van der Waals surface area contributed by atoms with Crippen LogP contribution in [-0.4, -0.2) is 13.0 Å². The third kappa shape index (κ3) is 6.96. The first-order valence-corrected chi connectivity index (χ1v) is 9.12. The molecular weight excluding hydrogens is 288 g/mol. The summed E-state index contributed by atoms with van der Waals surface area (Å²) in [5.41, 5.74) is 2.02. The fourth-order valence-corrected chi connectivity index (χ4v) is 2.88. The van der Waals surface area contributed by atoms with Crippen LogP contribution in [0.1, 0.15) is 63.5 Å². The van der Waals surface area contributed by atoms with Crippen LogP contribution in [0.3, 0.4) is 0 Å². The van der Waals surface area contributed by atoms with Crippen molar-refractivity contribution in [3.63, 3.8) is 0 Å². The van der Waals surface area contributed by atoms with Crippen LogP contribution in [0.15, 0.2) is 18.2 Å². The lowest BCUT2D eigenvalue weighted by Crippen LogP contribution is -2.09. The van der Waals surface area contributed by atoms with E-state index in [0.29, 0.717) is 0 Å². The molecule has 0 atom stereocenters. The number of benzene rings is 1. The maximum atomic E-state index is 11.0. The van der Waals surface area contributed by atoms with Gasteiger partial charge in [0.2, 0.25) is 0 Å². The van der Waals surface area contributed by atoms with Crippen molar-refractivity contribution in [3.8, 4) is 5.75 Å². The van der Waals surface area contributed by atoms with Gasteiger partial charge in [0.05, 0.1) is 0 Å². The highest BCUT2D eigenvalue weighted by atomic mass is 32.3. The zero-order valence-electron chi connectivity index (χ0n) is 13.0. The predicted octanol–water partition coefficient (Wildman–Crippen LogP) is 4.33. The first kappa shape index (κ1) is 18.0. The molecule has 1 aromatic carbocycles. The van der Waals surface area contributed by atoms with E-state index in [1.54, 1.807) is 12.1 Å². The van der Waals surface area contributed by atoms with E-state index in [1.165, 1.54) is 19.3 Å². The van der Waals surface area contributed by atoms with Gasteiger partial charge in [-0.2, -0.15) is 8.42 Å². The molecule has 0 unspecified atom stereocenters. The first-order chi connectivity index (χ1) is 9.98. The summed E-state index contributed by atoms with van der Waals surface area (Å²) in [6.45, 7) is 4.26. The molecule has 0 aliphatic carbocycles. The second-order valence-electron chi connectivity index (χ2n) is 5.32. The van der Waals surface area contributed by atoms with Crippen LogP contribution in [0.5, 0.6) is 5.75 Å². The number of aryl methyl sites for hydroxylation is 1. The van der Waals surface area contributed by atoms with Crippen molar-refractivity contribution in [2.45, 2.75) is 65.2 Å². The monoisotopic (exact) mass is 314 g/mol. The molecule has 1 N–H and O–H groups in total. The first-order valence-electron chi connectivity index (χ1n) is 7.75. The van der Waals surface area contributed by atoms with Crippen molar-refractivity contribution in [2.24, 2.45) is 0 Å². The van der Waals surface area contributed by atoms with Crippen LogP contribution < -0.4 is 4.18 Å². The average molecular weight is 314 g/mol. The van der Waals surface area contributed by atoms with Gasteiger partial charge in [-0.15, -0.1) is 0 Å². The van der Waals surface area contributed by atoms with Gasteiger partial charge in [0.1, 0.15) is 5.75 Å². The third-order valence-corrected chi connectivity index (χ3v) is 3.86.